The molecule has 104 valence electrons. The maximum Gasteiger partial charge on any atom is 0.122 e. The minimum Gasteiger partial charge on any atom is -0.388 e. The average molecular weight is 286 g/mol. The molecular formula is C15H18N4S. The minimum absolute atomic E-state index is 0.298. The number of aryl methyl sites for hydroxylation is 1. The summed E-state index contributed by atoms with van der Waals surface area (Å²) in [4.78, 5) is 6.51. The van der Waals surface area contributed by atoms with Crippen LogP contribution in [0.2, 0.25) is 0 Å². The molecule has 2 aromatic rings. The van der Waals surface area contributed by atoms with Gasteiger partial charge in [-0.05, 0) is 36.8 Å². The fourth-order valence-electron chi connectivity index (χ4n) is 1.98. The second kappa shape index (κ2) is 5.88. The number of benzene rings is 1. The van der Waals surface area contributed by atoms with Crippen LogP contribution in [0.5, 0.6) is 0 Å². The number of nitrogens with two attached hydrogens (primary N) is 1. The molecule has 4 nitrogen and oxygen atoms in total. The lowest BCUT2D eigenvalue weighted by atomic mass is 10.1. The maximum atomic E-state index is 5.59. The van der Waals surface area contributed by atoms with Gasteiger partial charge in [0.2, 0.25) is 0 Å². The van der Waals surface area contributed by atoms with Crippen molar-refractivity contribution < 1.29 is 0 Å². The van der Waals surface area contributed by atoms with Crippen molar-refractivity contribution in [2.24, 2.45) is 5.73 Å². The lowest BCUT2D eigenvalue weighted by molar-refractivity contribution is 1.11. The van der Waals surface area contributed by atoms with Crippen LogP contribution < -0.4 is 16.0 Å². The molecule has 3 N–H and O–H groups in total. The molecule has 0 amide bonds. The first-order valence-electron chi connectivity index (χ1n) is 6.28. The number of thiocarbonyl (C=S) groups is 1. The van der Waals surface area contributed by atoms with Gasteiger partial charge in [-0.3, -0.25) is 4.98 Å². The molecule has 20 heavy (non-hydrogen) atoms. The SMILES string of the molecule is Cc1ccc(Nc2ccnc(C(N)=S)c2)cc1N(C)C. The summed E-state index contributed by atoms with van der Waals surface area (Å²) in [7, 11) is 4.06. The van der Waals surface area contributed by atoms with Gasteiger partial charge >= 0.3 is 0 Å². The van der Waals surface area contributed by atoms with Crippen LogP contribution in [0, 0.1) is 6.92 Å². The lowest BCUT2D eigenvalue weighted by Crippen LogP contribution is -2.12. The lowest BCUT2D eigenvalue weighted by Gasteiger charge is -2.17. The first-order chi connectivity index (χ1) is 9.47. The molecule has 5 heteroatoms. The molecule has 0 spiro atoms. The highest BCUT2D eigenvalue weighted by Gasteiger charge is 2.04. The van der Waals surface area contributed by atoms with E-state index in [-0.39, 0.29) is 0 Å². The molecule has 0 atom stereocenters. The largest absolute Gasteiger partial charge is 0.388 e. The van der Waals surface area contributed by atoms with E-state index in [1.807, 2.05) is 32.3 Å². The van der Waals surface area contributed by atoms with E-state index in [4.69, 9.17) is 18.0 Å². The van der Waals surface area contributed by atoms with Crippen LogP contribution in [0.4, 0.5) is 17.1 Å². The minimum atomic E-state index is 0.298. The number of pyridine rings is 1. The first-order valence-corrected chi connectivity index (χ1v) is 6.69. The summed E-state index contributed by atoms with van der Waals surface area (Å²) in [5.74, 6) is 0. The Morgan fingerprint density at radius 3 is 2.55 bits per heavy atom. The van der Waals surface area contributed by atoms with Crippen LogP contribution in [0.1, 0.15) is 11.3 Å². The quantitative estimate of drug-likeness (QED) is 0.847. The van der Waals surface area contributed by atoms with E-state index in [0.29, 0.717) is 10.7 Å². The number of hydrogen-bond donors (Lipinski definition) is 2. The van der Waals surface area contributed by atoms with E-state index in [2.05, 4.69) is 34.3 Å². The zero-order valence-corrected chi connectivity index (χ0v) is 12.7. The van der Waals surface area contributed by atoms with Gasteiger partial charge in [0.05, 0.1) is 5.69 Å². The Morgan fingerprint density at radius 2 is 1.90 bits per heavy atom. The molecule has 2 rings (SSSR count). The molecule has 0 saturated carbocycles. The summed E-state index contributed by atoms with van der Waals surface area (Å²) >= 11 is 4.94. The average Bonchev–Trinajstić information content (AvgIpc) is 2.41. The maximum absolute atomic E-state index is 5.59. The van der Waals surface area contributed by atoms with Crippen LogP contribution in [0.15, 0.2) is 36.5 Å². The summed E-state index contributed by atoms with van der Waals surface area (Å²) in [5.41, 5.74) is 10.6. The van der Waals surface area contributed by atoms with E-state index in [1.165, 1.54) is 11.3 Å². The molecule has 0 aliphatic heterocycles. The van der Waals surface area contributed by atoms with E-state index in [9.17, 15) is 0 Å². The number of nitrogens with zero attached hydrogens (tertiary/aromatic N) is 2. The second-order valence-corrected chi connectivity index (χ2v) is 5.25. The van der Waals surface area contributed by atoms with Gasteiger partial charge in [0.25, 0.3) is 0 Å². The van der Waals surface area contributed by atoms with Crippen molar-refractivity contribution in [1.82, 2.24) is 4.98 Å². The molecule has 0 unspecified atom stereocenters. The molecule has 0 radical (unpaired) electrons. The van der Waals surface area contributed by atoms with Crippen molar-refractivity contribution in [3.63, 3.8) is 0 Å². The third kappa shape index (κ3) is 3.24. The van der Waals surface area contributed by atoms with Crippen LogP contribution in [-0.4, -0.2) is 24.1 Å². The summed E-state index contributed by atoms with van der Waals surface area (Å²) in [6.45, 7) is 2.09. The van der Waals surface area contributed by atoms with Crippen LogP contribution in [0.3, 0.4) is 0 Å². The zero-order chi connectivity index (χ0) is 14.7. The smallest absolute Gasteiger partial charge is 0.122 e. The van der Waals surface area contributed by atoms with Crippen LogP contribution in [0.25, 0.3) is 0 Å². The van der Waals surface area contributed by atoms with Crippen LogP contribution >= 0.6 is 12.2 Å². The van der Waals surface area contributed by atoms with Crippen molar-refractivity contribution in [3.8, 4) is 0 Å². The molecule has 0 saturated heterocycles. The molecule has 0 aliphatic rings. The highest BCUT2D eigenvalue weighted by atomic mass is 32.1. The van der Waals surface area contributed by atoms with Gasteiger partial charge in [0, 0.05) is 37.4 Å². The summed E-state index contributed by atoms with van der Waals surface area (Å²) < 4.78 is 0. The van der Waals surface area contributed by atoms with Crippen molar-refractivity contribution in [2.45, 2.75) is 6.92 Å². The van der Waals surface area contributed by atoms with Gasteiger partial charge in [-0.1, -0.05) is 18.3 Å². The Kier molecular flexibility index (Phi) is 4.20. The molecule has 0 aliphatic carbocycles. The Hall–Kier alpha value is -2.14. The number of rotatable bonds is 4. The fourth-order valence-corrected chi connectivity index (χ4v) is 2.09. The van der Waals surface area contributed by atoms with Crippen molar-refractivity contribution in [2.75, 3.05) is 24.3 Å². The normalized spacial score (nSPS) is 10.2. The summed E-state index contributed by atoms with van der Waals surface area (Å²) in [6.07, 6.45) is 1.69. The topological polar surface area (TPSA) is 54.2 Å². The van der Waals surface area contributed by atoms with Gasteiger partial charge in [-0.25, -0.2) is 0 Å². The van der Waals surface area contributed by atoms with Crippen LogP contribution in [-0.2, 0) is 0 Å². The third-order valence-electron chi connectivity index (χ3n) is 2.99. The van der Waals surface area contributed by atoms with Crippen molar-refractivity contribution in [3.05, 3.63) is 47.8 Å². The first kappa shape index (κ1) is 14.3. The second-order valence-electron chi connectivity index (χ2n) is 4.81. The summed E-state index contributed by atoms with van der Waals surface area (Å²) in [5, 5.41) is 3.34. The third-order valence-corrected chi connectivity index (χ3v) is 3.20. The van der Waals surface area contributed by atoms with Crippen molar-refractivity contribution >= 4 is 34.3 Å². The van der Waals surface area contributed by atoms with Gasteiger partial charge < -0.3 is 16.0 Å². The fraction of sp³-hybridized carbons (Fsp3) is 0.200. The van der Waals surface area contributed by atoms with E-state index in [0.717, 1.165) is 11.4 Å². The Balaban J connectivity index is 2.28. The number of nitrogens with one attached hydrogen (secondary N) is 1. The standard InChI is InChI=1S/C15H18N4S/c1-10-4-5-11(9-14(10)19(2)3)18-12-6-7-17-13(8-12)15(16)20/h4-9H,1-3H3,(H2,16,20)(H,17,18). The summed E-state index contributed by atoms with van der Waals surface area (Å²) in [6, 6.07) is 9.97. The molecule has 1 aromatic heterocycles. The number of hydrogen-bond acceptors (Lipinski definition) is 4. The number of anilines is 3. The van der Waals surface area contributed by atoms with Gasteiger partial charge in [-0.2, -0.15) is 0 Å². The highest BCUT2D eigenvalue weighted by Crippen LogP contribution is 2.25. The molecule has 0 fully saturated rings. The van der Waals surface area contributed by atoms with Crippen molar-refractivity contribution in [1.29, 1.82) is 0 Å². The molecule has 1 aromatic carbocycles. The Bertz CT molecular complexity index is 638. The predicted molar refractivity (Wildman–Crippen MR) is 88.9 cm³/mol. The molecular weight excluding hydrogens is 268 g/mol. The van der Waals surface area contributed by atoms with E-state index >= 15 is 0 Å². The molecule has 0 bridgehead atoms. The number of aromatic nitrogens is 1. The van der Waals surface area contributed by atoms with E-state index < -0.39 is 0 Å². The zero-order valence-electron chi connectivity index (χ0n) is 11.8. The monoisotopic (exact) mass is 286 g/mol. The van der Waals surface area contributed by atoms with Gasteiger partial charge in [0.1, 0.15) is 4.99 Å². The Morgan fingerprint density at radius 1 is 1.20 bits per heavy atom. The van der Waals surface area contributed by atoms with Gasteiger partial charge in [-0.15, -0.1) is 0 Å². The van der Waals surface area contributed by atoms with E-state index in [1.54, 1.807) is 6.20 Å². The highest BCUT2D eigenvalue weighted by molar-refractivity contribution is 7.80. The Labute approximate surface area is 124 Å². The molecule has 1 heterocycles. The predicted octanol–water partition coefficient (Wildman–Crippen LogP) is 2.83. The van der Waals surface area contributed by atoms with Gasteiger partial charge in [0.15, 0.2) is 0 Å².